The molecule has 4 nitrogen and oxygen atoms in total. The van der Waals surface area contributed by atoms with Gasteiger partial charge in [0.15, 0.2) is 0 Å². The van der Waals surface area contributed by atoms with Crippen molar-refractivity contribution in [3.8, 4) is 0 Å². The van der Waals surface area contributed by atoms with Crippen LogP contribution in [0, 0.1) is 0 Å². The predicted octanol–water partition coefficient (Wildman–Crippen LogP) is -0.448. The molecular weight excluding hydrogens is 131 g/mol. The van der Waals surface area contributed by atoms with Crippen molar-refractivity contribution in [2.45, 2.75) is 0 Å². The van der Waals surface area contributed by atoms with Gasteiger partial charge in [0.2, 0.25) is 0 Å². The van der Waals surface area contributed by atoms with Gasteiger partial charge in [0.25, 0.3) is 0 Å². The largest absolute Gasteiger partial charge is 0.330 e. The lowest BCUT2D eigenvalue weighted by atomic mass is 10.8. The topological polar surface area (TPSA) is 74.6 Å². The Morgan fingerprint density at radius 2 is 2.12 bits per heavy atom. The second kappa shape index (κ2) is 2.80. The molecule has 0 fully saturated rings. The predicted molar refractivity (Wildman–Crippen MR) is 27.2 cm³/mol. The summed E-state index contributed by atoms with van der Waals surface area (Å²) in [5, 5.41) is 0. The highest BCUT2D eigenvalue weighted by Gasteiger charge is 2.08. The zero-order chi connectivity index (χ0) is 6.62. The van der Waals surface area contributed by atoms with Gasteiger partial charge in [0.05, 0.1) is 6.16 Å². The molecule has 0 aromatic rings. The highest BCUT2D eigenvalue weighted by molar-refractivity contribution is 7.51. The monoisotopic (exact) mass is 136 g/mol. The van der Waals surface area contributed by atoms with Crippen molar-refractivity contribution in [3.63, 3.8) is 0 Å². The summed E-state index contributed by atoms with van der Waals surface area (Å²) < 4.78 is 9.87. The molecule has 0 bridgehead atoms. The Bertz CT molecular complexity index is 151. The molecule has 0 aliphatic heterocycles. The van der Waals surface area contributed by atoms with Crippen molar-refractivity contribution in [1.29, 1.82) is 0 Å². The van der Waals surface area contributed by atoms with E-state index in [1.54, 1.807) is 0 Å². The van der Waals surface area contributed by atoms with Crippen LogP contribution >= 0.6 is 7.60 Å². The lowest BCUT2D eigenvalue weighted by molar-refractivity contribution is 0.377. The smallest absolute Gasteiger partial charge is 0.324 e. The first kappa shape index (κ1) is 7.60. The minimum absolute atomic E-state index is 0.517. The Kier molecular flexibility index (Phi) is 2.66. The standard InChI is InChI=1S/C3H5O4P/c4-2-1-3-8(5,6)7/h1H,3H2,(H2,5,6,7). The van der Waals surface area contributed by atoms with E-state index >= 15 is 0 Å². The summed E-state index contributed by atoms with van der Waals surface area (Å²) >= 11 is 0. The van der Waals surface area contributed by atoms with Crippen LogP contribution in [0.4, 0.5) is 0 Å². The quantitative estimate of drug-likeness (QED) is 0.398. The molecule has 0 atom stereocenters. The van der Waals surface area contributed by atoms with Crippen molar-refractivity contribution < 1.29 is 19.1 Å². The van der Waals surface area contributed by atoms with E-state index in [0.717, 1.165) is 6.08 Å². The first-order chi connectivity index (χ1) is 3.56. The number of rotatable bonds is 2. The van der Waals surface area contributed by atoms with Crippen molar-refractivity contribution >= 4 is 13.5 Å². The number of allylic oxidation sites excluding steroid dienone is 1. The average molecular weight is 136 g/mol. The Morgan fingerprint density at radius 3 is 2.25 bits per heavy atom. The molecule has 0 aromatic carbocycles. The highest BCUT2D eigenvalue weighted by atomic mass is 31.2. The summed E-state index contributed by atoms with van der Waals surface area (Å²) in [5.41, 5.74) is 0. The van der Waals surface area contributed by atoms with Gasteiger partial charge in [-0.05, 0) is 0 Å². The van der Waals surface area contributed by atoms with Gasteiger partial charge in [0.1, 0.15) is 5.94 Å². The third kappa shape index (κ3) is 5.60. The van der Waals surface area contributed by atoms with Gasteiger partial charge in [-0.15, -0.1) is 0 Å². The maximum Gasteiger partial charge on any atom is 0.330 e. The maximum absolute atomic E-state index is 9.87. The van der Waals surface area contributed by atoms with E-state index in [4.69, 9.17) is 9.79 Å². The first-order valence-electron chi connectivity index (χ1n) is 1.80. The molecule has 46 valence electrons. The summed E-state index contributed by atoms with van der Waals surface area (Å²) in [6.45, 7) is 0. The molecule has 0 saturated carbocycles. The lowest BCUT2D eigenvalue weighted by Crippen LogP contribution is -1.80. The van der Waals surface area contributed by atoms with Crippen LogP contribution in [0.3, 0.4) is 0 Å². The molecular formula is C3H5O4P. The molecule has 0 amide bonds. The van der Waals surface area contributed by atoms with E-state index in [2.05, 4.69) is 0 Å². The summed E-state index contributed by atoms with van der Waals surface area (Å²) in [5.74, 6) is 1.26. The zero-order valence-corrected chi connectivity index (χ0v) is 4.84. The SMILES string of the molecule is O=C=CCP(=O)(O)O. The van der Waals surface area contributed by atoms with Crippen LogP contribution in [0.5, 0.6) is 0 Å². The number of hydrogen-bond acceptors (Lipinski definition) is 2. The van der Waals surface area contributed by atoms with Crippen LogP contribution in [0.2, 0.25) is 0 Å². The molecule has 8 heavy (non-hydrogen) atoms. The molecule has 0 radical (unpaired) electrons. The molecule has 0 aliphatic carbocycles. The summed E-state index contributed by atoms with van der Waals surface area (Å²) in [7, 11) is -4.00. The fraction of sp³-hybridized carbons (Fsp3) is 0.333. The molecule has 0 saturated heterocycles. The Hall–Kier alpha value is -0.400. The van der Waals surface area contributed by atoms with Gasteiger partial charge in [-0.25, -0.2) is 4.79 Å². The van der Waals surface area contributed by atoms with Gasteiger partial charge in [-0.3, -0.25) is 4.57 Å². The van der Waals surface area contributed by atoms with Crippen LogP contribution in [-0.4, -0.2) is 21.9 Å². The Balaban J connectivity index is 3.74. The van der Waals surface area contributed by atoms with E-state index in [0.29, 0.717) is 0 Å². The van der Waals surface area contributed by atoms with Gasteiger partial charge < -0.3 is 9.79 Å². The van der Waals surface area contributed by atoms with E-state index in [1.165, 1.54) is 5.94 Å². The molecule has 0 aliphatic rings. The van der Waals surface area contributed by atoms with Gasteiger partial charge in [-0.2, -0.15) is 0 Å². The zero-order valence-electron chi connectivity index (χ0n) is 3.94. The second-order valence-electron chi connectivity index (χ2n) is 1.17. The highest BCUT2D eigenvalue weighted by Crippen LogP contribution is 2.33. The number of carbonyl (C=O) groups excluding carboxylic acids is 1. The van der Waals surface area contributed by atoms with Crippen LogP contribution < -0.4 is 0 Å². The Labute approximate surface area is 46.0 Å². The average Bonchev–Trinajstić information content (AvgIpc) is 1.59. The number of hydrogen-bond donors (Lipinski definition) is 2. The maximum atomic E-state index is 9.87. The third-order valence-electron chi connectivity index (χ3n) is 0.412. The second-order valence-corrected chi connectivity index (χ2v) is 2.86. The first-order valence-corrected chi connectivity index (χ1v) is 3.60. The fourth-order valence-electron chi connectivity index (χ4n) is 0.156. The van der Waals surface area contributed by atoms with Crippen molar-refractivity contribution in [2.75, 3.05) is 6.16 Å². The minimum Gasteiger partial charge on any atom is -0.324 e. The fourth-order valence-corrected chi connectivity index (χ4v) is 0.469. The van der Waals surface area contributed by atoms with Crippen molar-refractivity contribution in [1.82, 2.24) is 0 Å². The van der Waals surface area contributed by atoms with Crippen molar-refractivity contribution in [3.05, 3.63) is 6.08 Å². The molecule has 2 N–H and O–H groups in total. The normalized spacial score (nSPS) is 10.2. The Morgan fingerprint density at radius 1 is 1.62 bits per heavy atom. The van der Waals surface area contributed by atoms with Gasteiger partial charge in [-0.1, -0.05) is 0 Å². The van der Waals surface area contributed by atoms with E-state index in [1.807, 2.05) is 0 Å². The van der Waals surface area contributed by atoms with Crippen LogP contribution in [0.1, 0.15) is 0 Å². The van der Waals surface area contributed by atoms with E-state index in [-0.39, 0.29) is 0 Å². The van der Waals surface area contributed by atoms with Gasteiger partial charge >= 0.3 is 7.60 Å². The van der Waals surface area contributed by atoms with Crippen LogP contribution in [-0.2, 0) is 9.36 Å². The lowest BCUT2D eigenvalue weighted by Gasteiger charge is -1.93. The summed E-state index contributed by atoms with van der Waals surface area (Å²) in [4.78, 5) is 25.4. The van der Waals surface area contributed by atoms with E-state index in [9.17, 15) is 9.36 Å². The summed E-state index contributed by atoms with van der Waals surface area (Å²) in [6.07, 6.45) is 0.247. The molecule has 0 aromatic heterocycles. The van der Waals surface area contributed by atoms with E-state index < -0.39 is 13.8 Å². The minimum atomic E-state index is -4.00. The molecule has 0 spiro atoms. The molecule has 0 unspecified atom stereocenters. The molecule has 5 heteroatoms. The molecule has 0 rings (SSSR count). The molecule has 0 heterocycles. The van der Waals surface area contributed by atoms with Crippen LogP contribution in [0.15, 0.2) is 6.08 Å². The third-order valence-corrected chi connectivity index (χ3v) is 1.07. The van der Waals surface area contributed by atoms with Crippen LogP contribution in [0.25, 0.3) is 0 Å². The summed E-state index contributed by atoms with van der Waals surface area (Å²) in [6, 6.07) is 0. The van der Waals surface area contributed by atoms with Gasteiger partial charge in [0, 0.05) is 6.08 Å². The van der Waals surface area contributed by atoms with Crippen molar-refractivity contribution in [2.24, 2.45) is 0 Å².